The highest BCUT2D eigenvalue weighted by molar-refractivity contribution is 5.65. The van der Waals surface area contributed by atoms with E-state index in [1.807, 2.05) is 31.2 Å². The van der Waals surface area contributed by atoms with Gasteiger partial charge in [-0.25, -0.2) is 0 Å². The van der Waals surface area contributed by atoms with E-state index in [1.54, 1.807) is 10.9 Å². The molecule has 0 aliphatic heterocycles. The smallest absolute Gasteiger partial charge is 0.161 e. The summed E-state index contributed by atoms with van der Waals surface area (Å²) in [6.07, 6.45) is 1.68. The first-order valence-corrected chi connectivity index (χ1v) is 5.74. The highest BCUT2D eigenvalue weighted by atomic mass is 16.3. The second-order valence-corrected chi connectivity index (χ2v) is 5.34. The molecule has 1 aromatic heterocycles. The fourth-order valence-corrected chi connectivity index (χ4v) is 1.63. The van der Waals surface area contributed by atoms with Crippen LogP contribution in [0.1, 0.15) is 26.3 Å². The van der Waals surface area contributed by atoms with Gasteiger partial charge in [-0.05, 0) is 27.7 Å². The first kappa shape index (κ1) is 11.7. The van der Waals surface area contributed by atoms with Crippen LogP contribution in [0.2, 0.25) is 0 Å². The zero-order valence-electron chi connectivity index (χ0n) is 10.7. The number of hydrogen-bond acceptors (Lipinski definition) is 2. The van der Waals surface area contributed by atoms with Gasteiger partial charge in [0.15, 0.2) is 5.75 Å². The molecule has 90 valence electrons. The summed E-state index contributed by atoms with van der Waals surface area (Å²) in [6.45, 7) is 8.20. The van der Waals surface area contributed by atoms with Crippen molar-refractivity contribution in [1.82, 2.24) is 9.78 Å². The standard InChI is InChI=1S/C14H18N2O/c1-10-5-7-11(8-6-10)13-12(17)9-16(15-13)14(2,3)4/h5-9,17H,1-4H3. The van der Waals surface area contributed by atoms with Crippen LogP contribution in [-0.4, -0.2) is 14.9 Å². The lowest BCUT2D eigenvalue weighted by Crippen LogP contribution is -2.22. The van der Waals surface area contributed by atoms with Crippen LogP contribution in [0.3, 0.4) is 0 Å². The number of rotatable bonds is 1. The molecule has 0 saturated carbocycles. The van der Waals surface area contributed by atoms with Gasteiger partial charge >= 0.3 is 0 Å². The van der Waals surface area contributed by atoms with E-state index >= 15 is 0 Å². The van der Waals surface area contributed by atoms with Gasteiger partial charge in [0.1, 0.15) is 5.69 Å². The van der Waals surface area contributed by atoms with Crippen LogP contribution in [0.25, 0.3) is 11.3 Å². The van der Waals surface area contributed by atoms with Crippen molar-refractivity contribution in [2.75, 3.05) is 0 Å². The van der Waals surface area contributed by atoms with Crippen molar-refractivity contribution in [3.05, 3.63) is 36.0 Å². The third-order valence-electron chi connectivity index (χ3n) is 2.71. The van der Waals surface area contributed by atoms with Gasteiger partial charge < -0.3 is 5.11 Å². The van der Waals surface area contributed by atoms with Gasteiger partial charge in [-0.15, -0.1) is 0 Å². The van der Waals surface area contributed by atoms with Gasteiger partial charge in [-0.1, -0.05) is 29.8 Å². The van der Waals surface area contributed by atoms with E-state index in [9.17, 15) is 5.11 Å². The SMILES string of the molecule is Cc1ccc(-c2nn(C(C)(C)C)cc2O)cc1. The first-order chi connectivity index (χ1) is 7.88. The summed E-state index contributed by atoms with van der Waals surface area (Å²) in [5.74, 6) is 0.226. The van der Waals surface area contributed by atoms with E-state index in [0.717, 1.165) is 5.56 Å². The molecule has 1 aromatic carbocycles. The van der Waals surface area contributed by atoms with Crippen molar-refractivity contribution in [2.45, 2.75) is 33.2 Å². The maximum Gasteiger partial charge on any atom is 0.161 e. The van der Waals surface area contributed by atoms with E-state index in [-0.39, 0.29) is 11.3 Å². The van der Waals surface area contributed by atoms with Crippen molar-refractivity contribution >= 4 is 0 Å². The predicted molar refractivity (Wildman–Crippen MR) is 69.1 cm³/mol. The van der Waals surface area contributed by atoms with Crippen LogP contribution >= 0.6 is 0 Å². The van der Waals surface area contributed by atoms with Crippen LogP contribution in [0, 0.1) is 6.92 Å². The zero-order valence-corrected chi connectivity index (χ0v) is 10.7. The third-order valence-corrected chi connectivity index (χ3v) is 2.71. The average molecular weight is 230 g/mol. The molecule has 1 N–H and O–H groups in total. The lowest BCUT2D eigenvalue weighted by atomic mass is 10.1. The molecule has 1 heterocycles. The predicted octanol–water partition coefficient (Wildman–Crippen LogP) is 3.32. The molecule has 2 aromatic rings. The average Bonchev–Trinajstić information content (AvgIpc) is 2.61. The topological polar surface area (TPSA) is 38.0 Å². The van der Waals surface area contributed by atoms with Gasteiger partial charge in [0.2, 0.25) is 0 Å². The van der Waals surface area contributed by atoms with Gasteiger partial charge in [0.05, 0.1) is 11.7 Å². The number of benzene rings is 1. The molecular formula is C14H18N2O. The van der Waals surface area contributed by atoms with Crippen LogP contribution in [-0.2, 0) is 5.54 Å². The van der Waals surface area contributed by atoms with Crippen LogP contribution in [0.15, 0.2) is 30.5 Å². The Balaban J connectivity index is 2.46. The van der Waals surface area contributed by atoms with Gasteiger partial charge in [0.25, 0.3) is 0 Å². The maximum atomic E-state index is 9.93. The Labute approximate surface area is 102 Å². The van der Waals surface area contributed by atoms with Crippen molar-refractivity contribution in [3.63, 3.8) is 0 Å². The summed E-state index contributed by atoms with van der Waals surface area (Å²) in [4.78, 5) is 0. The number of aryl methyl sites for hydroxylation is 1. The minimum absolute atomic E-state index is 0.125. The molecule has 0 unspecified atom stereocenters. The van der Waals surface area contributed by atoms with Crippen LogP contribution < -0.4 is 0 Å². The zero-order chi connectivity index (χ0) is 12.6. The molecular weight excluding hydrogens is 212 g/mol. The molecule has 2 rings (SSSR count). The van der Waals surface area contributed by atoms with E-state index in [4.69, 9.17) is 0 Å². The van der Waals surface area contributed by atoms with Gasteiger partial charge in [-0.3, -0.25) is 4.68 Å². The van der Waals surface area contributed by atoms with E-state index in [0.29, 0.717) is 5.69 Å². The van der Waals surface area contributed by atoms with Crippen molar-refractivity contribution < 1.29 is 5.11 Å². The maximum absolute atomic E-state index is 9.93. The summed E-state index contributed by atoms with van der Waals surface area (Å²) in [6, 6.07) is 7.99. The van der Waals surface area contributed by atoms with Gasteiger partial charge in [0, 0.05) is 5.56 Å². The Morgan fingerprint density at radius 1 is 1.12 bits per heavy atom. The number of hydrogen-bond donors (Lipinski definition) is 1. The lowest BCUT2D eigenvalue weighted by Gasteiger charge is -2.18. The molecule has 0 aliphatic rings. The van der Waals surface area contributed by atoms with Crippen molar-refractivity contribution in [2.24, 2.45) is 0 Å². The number of nitrogens with zero attached hydrogens (tertiary/aromatic N) is 2. The second kappa shape index (κ2) is 3.91. The molecule has 0 bridgehead atoms. The molecule has 17 heavy (non-hydrogen) atoms. The molecule has 3 nitrogen and oxygen atoms in total. The summed E-state index contributed by atoms with van der Waals surface area (Å²) in [7, 11) is 0. The lowest BCUT2D eigenvalue weighted by molar-refractivity contribution is 0.353. The minimum atomic E-state index is -0.125. The fourth-order valence-electron chi connectivity index (χ4n) is 1.63. The monoisotopic (exact) mass is 230 g/mol. The molecule has 0 radical (unpaired) electrons. The molecule has 3 heteroatoms. The van der Waals surface area contributed by atoms with Gasteiger partial charge in [-0.2, -0.15) is 5.10 Å². The minimum Gasteiger partial charge on any atom is -0.504 e. The summed E-state index contributed by atoms with van der Waals surface area (Å²) in [5.41, 5.74) is 2.65. The highest BCUT2D eigenvalue weighted by Crippen LogP contribution is 2.29. The van der Waals surface area contributed by atoms with E-state index in [2.05, 4.69) is 25.9 Å². The van der Waals surface area contributed by atoms with Crippen molar-refractivity contribution in [1.29, 1.82) is 0 Å². The Morgan fingerprint density at radius 2 is 1.71 bits per heavy atom. The summed E-state index contributed by atoms with van der Waals surface area (Å²) in [5, 5.41) is 14.4. The quantitative estimate of drug-likeness (QED) is 0.816. The Bertz CT molecular complexity index is 518. The van der Waals surface area contributed by atoms with Crippen LogP contribution in [0.5, 0.6) is 5.75 Å². The normalized spacial score (nSPS) is 11.8. The molecule has 0 saturated heterocycles. The van der Waals surface area contributed by atoms with E-state index < -0.39 is 0 Å². The third kappa shape index (κ3) is 2.33. The largest absolute Gasteiger partial charge is 0.504 e. The van der Waals surface area contributed by atoms with Crippen molar-refractivity contribution in [3.8, 4) is 17.0 Å². The summed E-state index contributed by atoms with van der Waals surface area (Å²) >= 11 is 0. The highest BCUT2D eigenvalue weighted by Gasteiger charge is 2.18. The first-order valence-electron chi connectivity index (χ1n) is 5.74. The Hall–Kier alpha value is -1.77. The molecule has 0 spiro atoms. The van der Waals surface area contributed by atoms with E-state index in [1.165, 1.54) is 5.56 Å². The molecule has 0 fully saturated rings. The van der Waals surface area contributed by atoms with Crippen LogP contribution in [0.4, 0.5) is 0 Å². The number of aromatic hydroxyl groups is 1. The summed E-state index contributed by atoms with van der Waals surface area (Å²) < 4.78 is 1.79. The molecule has 0 aliphatic carbocycles. The fraction of sp³-hybridized carbons (Fsp3) is 0.357. The Kier molecular flexibility index (Phi) is 2.69. The molecule has 0 atom stereocenters. The number of aromatic nitrogens is 2. The Morgan fingerprint density at radius 3 is 2.18 bits per heavy atom. The second-order valence-electron chi connectivity index (χ2n) is 5.34. The molecule has 0 amide bonds.